The molecule has 0 aliphatic carbocycles. The quantitative estimate of drug-likeness (QED) is 0.685. The molecule has 0 saturated carbocycles. The van der Waals surface area contributed by atoms with Gasteiger partial charge in [0.2, 0.25) is 0 Å². The molecule has 0 bridgehead atoms. The van der Waals surface area contributed by atoms with Crippen molar-refractivity contribution in [2.24, 2.45) is 5.92 Å². The van der Waals surface area contributed by atoms with E-state index in [1.54, 1.807) is 0 Å². The number of ether oxygens (including phenoxy) is 1. The van der Waals surface area contributed by atoms with Gasteiger partial charge < -0.3 is 10.1 Å². The number of hydrogen-bond acceptors (Lipinski definition) is 2. The molecule has 1 rings (SSSR count). The molecular weight excluding hydrogens is 162 g/mol. The molecule has 2 atom stereocenters. The molecule has 0 aromatic carbocycles. The third-order valence-corrected chi connectivity index (χ3v) is 2.75. The van der Waals surface area contributed by atoms with Crippen LogP contribution in [-0.4, -0.2) is 25.8 Å². The highest BCUT2D eigenvalue weighted by Crippen LogP contribution is 2.19. The third kappa shape index (κ3) is 4.63. The molecule has 1 heterocycles. The van der Waals surface area contributed by atoms with E-state index in [0.717, 1.165) is 25.6 Å². The molecule has 1 N–H and O–H groups in total. The molecular formula is C11H23NO. The normalized spacial score (nSPS) is 24.9. The lowest BCUT2D eigenvalue weighted by molar-refractivity contribution is 0.0987. The summed E-state index contributed by atoms with van der Waals surface area (Å²) in [5, 5.41) is 3.38. The molecule has 1 aliphatic rings. The van der Waals surface area contributed by atoms with Crippen LogP contribution in [0.25, 0.3) is 0 Å². The van der Waals surface area contributed by atoms with Gasteiger partial charge in [0.1, 0.15) is 0 Å². The van der Waals surface area contributed by atoms with Crippen molar-refractivity contribution >= 4 is 0 Å². The zero-order valence-corrected chi connectivity index (χ0v) is 9.01. The molecule has 0 aromatic rings. The molecule has 0 aromatic heterocycles. The Kier molecular flexibility index (Phi) is 5.40. The van der Waals surface area contributed by atoms with Crippen molar-refractivity contribution in [2.75, 3.05) is 19.7 Å². The van der Waals surface area contributed by atoms with E-state index in [1.807, 2.05) is 0 Å². The minimum Gasteiger partial charge on any atom is -0.378 e. The lowest BCUT2D eigenvalue weighted by atomic mass is 10.0. The number of rotatable bonds is 6. The Hall–Kier alpha value is -0.0800. The zero-order chi connectivity index (χ0) is 9.52. The van der Waals surface area contributed by atoms with E-state index in [-0.39, 0.29) is 0 Å². The Morgan fingerprint density at radius 3 is 3.00 bits per heavy atom. The predicted molar refractivity (Wildman–Crippen MR) is 55.9 cm³/mol. The predicted octanol–water partition coefficient (Wildman–Crippen LogP) is 2.19. The smallest absolute Gasteiger partial charge is 0.0576 e. The number of hydrogen-bond donors (Lipinski definition) is 1. The Bertz CT molecular complexity index is 121. The largest absolute Gasteiger partial charge is 0.378 e. The van der Waals surface area contributed by atoms with Gasteiger partial charge in [-0.1, -0.05) is 13.8 Å². The Balaban J connectivity index is 1.97. The van der Waals surface area contributed by atoms with Crippen molar-refractivity contribution in [3.8, 4) is 0 Å². The molecule has 1 aliphatic heterocycles. The van der Waals surface area contributed by atoms with Crippen molar-refractivity contribution in [3.63, 3.8) is 0 Å². The minimum absolute atomic E-state index is 0.573. The molecule has 1 saturated heterocycles. The zero-order valence-electron chi connectivity index (χ0n) is 9.01. The maximum absolute atomic E-state index is 5.59. The number of nitrogens with one attached hydrogen (secondary N) is 1. The fourth-order valence-electron chi connectivity index (χ4n) is 1.84. The lowest BCUT2D eigenvalue weighted by Crippen LogP contribution is -2.21. The van der Waals surface area contributed by atoms with Crippen LogP contribution in [0.1, 0.15) is 39.5 Å². The van der Waals surface area contributed by atoms with Gasteiger partial charge in [-0.25, -0.2) is 0 Å². The van der Waals surface area contributed by atoms with Crippen molar-refractivity contribution in [2.45, 2.75) is 45.6 Å². The molecule has 78 valence electrons. The van der Waals surface area contributed by atoms with E-state index in [4.69, 9.17) is 4.74 Å². The van der Waals surface area contributed by atoms with Gasteiger partial charge in [-0.05, 0) is 44.7 Å². The van der Waals surface area contributed by atoms with Gasteiger partial charge in [0.15, 0.2) is 0 Å². The molecule has 1 fully saturated rings. The van der Waals surface area contributed by atoms with E-state index in [1.165, 1.54) is 25.7 Å². The van der Waals surface area contributed by atoms with Crippen LogP contribution in [0.2, 0.25) is 0 Å². The van der Waals surface area contributed by atoms with Crippen LogP contribution in [0.3, 0.4) is 0 Å². The van der Waals surface area contributed by atoms with Crippen LogP contribution >= 0.6 is 0 Å². The second kappa shape index (κ2) is 6.39. The first-order valence-corrected chi connectivity index (χ1v) is 5.65. The summed E-state index contributed by atoms with van der Waals surface area (Å²) >= 11 is 0. The maximum Gasteiger partial charge on any atom is 0.0576 e. The maximum atomic E-state index is 5.59. The fraction of sp³-hybridized carbons (Fsp3) is 1.00. The Morgan fingerprint density at radius 2 is 2.38 bits per heavy atom. The summed E-state index contributed by atoms with van der Waals surface area (Å²) in [6.07, 6.45) is 5.69. The Morgan fingerprint density at radius 1 is 1.54 bits per heavy atom. The first-order chi connectivity index (χ1) is 6.33. The van der Waals surface area contributed by atoms with Crippen molar-refractivity contribution in [3.05, 3.63) is 0 Å². The molecule has 0 amide bonds. The molecule has 2 heteroatoms. The van der Waals surface area contributed by atoms with Crippen LogP contribution in [-0.2, 0) is 4.74 Å². The molecule has 0 radical (unpaired) electrons. The molecule has 0 spiro atoms. The fourth-order valence-corrected chi connectivity index (χ4v) is 1.84. The highest BCUT2D eigenvalue weighted by molar-refractivity contribution is 4.67. The minimum atomic E-state index is 0.573. The van der Waals surface area contributed by atoms with Gasteiger partial charge in [0, 0.05) is 6.61 Å². The van der Waals surface area contributed by atoms with Crippen molar-refractivity contribution < 1.29 is 4.74 Å². The highest BCUT2D eigenvalue weighted by atomic mass is 16.5. The van der Waals surface area contributed by atoms with Crippen LogP contribution in [0.4, 0.5) is 0 Å². The van der Waals surface area contributed by atoms with E-state index in [2.05, 4.69) is 19.2 Å². The third-order valence-electron chi connectivity index (χ3n) is 2.75. The van der Waals surface area contributed by atoms with Gasteiger partial charge in [-0.2, -0.15) is 0 Å². The van der Waals surface area contributed by atoms with Gasteiger partial charge in [-0.3, -0.25) is 0 Å². The average molecular weight is 185 g/mol. The van der Waals surface area contributed by atoms with Gasteiger partial charge in [0.25, 0.3) is 0 Å². The second-order valence-electron chi connectivity index (χ2n) is 4.13. The summed E-state index contributed by atoms with van der Waals surface area (Å²) in [5.74, 6) is 0.796. The van der Waals surface area contributed by atoms with E-state index in [9.17, 15) is 0 Å². The monoisotopic (exact) mass is 185 g/mol. The van der Waals surface area contributed by atoms with Gasteiger partial charge >= 0.3 is 0 Å². The Labute approximate surface area is 82.0 Å². The van der Waals surface area contributed by atoms with Crippen LogP contribution in [0.15, 0.2) is 0 Å². The van der Waals surface area contributed by atoms with Crippen LogP contribution < -0.4 is 5.32 Å². The first-order valence-electron chi connectivity index (χ1n) is 5.65. The lowest BCUT2D eigenvalue weighted by Gasteiger charge is -2.14. The summed E-state index contributed by atoms with van der Waals surface area (Å²) < 4.78 is 5.59. The van der Waals surface area contributed by atoms with E-state index < -0.39 is 0 Å². The standard InChI is InChI=1S/C11H23NO/c1-3-12-9-10(2)6-7-11-5-4-8-13-11/h10-12H,3-9H2,1-2H3. The summed E-state index contributed by atoms with van der Waals surface area (Å²) in [7, 11) is 0. The molecule has 2 unspecified atom stereocenters. The van der Waals surface area contributed by atoms with Crippen LogP contribution in [0, 0.1) is 5.92 Å². The van der Waals surface area contributed by atoms with E-state index >= 15 is 0 Å². The SMILES string of the molecule is CCNCC(C)CCC1CCCO1. The average Bonchev–Trinajstić information content (AvgIpc) is 2.64. The van der Waals surface area contributed by atoms with E-state index in [0.29, 0.717) is 6.10 Å². The summed E-state index contributed by atoms with van der Waals surface area (Å²) in [6.45, 7) is 7.71. The summed E-state index contributed by atoms with van der Waals surface area (Å²) in [5.41, 5.74) is 0. The van der Waals surface area contributed by atoms with Gasteiger partial charge in [-0.15, -0.1) is 0 Å². The first kappa shape index (κ1) is 11.0. The van der Waals surface area contributed by atoms with Crippen LogP contribution in [0.5, 0.6) is 0 Å². The highest BCUT2D eigenvalue weighted by Gasteiger charge is 2.15. The summed E-state index contributed by atoms with van der Waals surface area (Å²) in [6, 6.07) is 0. The van der Waals surface area contributed by atoms with Crippen molar-refractivity contribution in [1.29, 1.82) is 0 Å². The second-order valence-corrected chi connectivity index (χ2v) is 4.13. The van der Waals surface area contributed by atoms with Crippen molar-refractivity contribution in [1.82, 2.24) is 5.32 Å². The topological polar surface area (TPSA) is 21.3 Å². The summed E-state index contributed by atoms with van der Waals surface area (Å²) in [4.78, 5) is 0. The molecule has 13 heavy (non-hydrogen) atoms. The molecule has 2 nitrogen and oxygen atoms in total. The van der Waals surface area contributed by atoms with Gasteiger partial charge in [0.05, 0.1) is 6.10 Å².